The van der Waals surface area contributed by atoms with E-state index in [0.29, 0.717) is 29.9 Å². The maximum absolute atomic E-state index is 13.1. The summed E-state index contributed by atoms with van der Waals surface area (Å²) in [6.45, 7) is 6.49. The molecule has 0 saturated carbocycles. The molecule has 1 aliphatic heterocycles. The molecular weight excluding hydrogens is 276 g/mol. The third-order valence-electron chi connectivity index (χ3n) is 5.24. The van der Waals surface area contributed by atoms with Crippen molar-refractivity contribution in [3.63, 3.8) is 0 Å². The Bertz CT molecular complexity index is 769. The van der Waals surface area contributed by atoms with Crippen LogP contribution in [0.5, 0.6) is 5.75 Å². The number of hydrogen-bond acceptors (Lipinski definition) is 3. The van der Waals surface area contributed by atoms with Gasteiger partial charge in [0.2, 0.25) is 0 Å². The Labute approximate surface area is 129 Å². The van der Waals surface area contributed by atoms with Crippen LogP contribution in [0.3, 0.4) is 0 Å². The number of Topliss-reactive ketones (excluding diaryl/α,β-unsaturated/α-hetero) is 1. The van der Waals surface area contributed by atoms with Crippen molar-refractivity contribution in [2.24, 2.45) is 11.3 Å². The lowest BCUT2D eigenvalue weighted by molar-refractivity contribution is 0.0813. The molecule has 3 heteroatoms. The van der Waals surface area contributed by atoms with Crippen LogP contribution in [-0.2, 0) is 4.74 Å². The Kier molecular flexibility index (Phi) is 2.65. The molecule has 0 unspecified atom stereocenters. The number of aromatic hydroxyl groups is 1. The number of benzene rings is 1. The van der Waals surface area contributed by atoms with Gasteiger partial charge < -0.3 is 9.84 Å². The highest BCUT2D eigenvalue weighted by Gasteiger charge is 2.51. The summed E-state index contributed by atoms with van der Waals surface area (Å²) in [5.74, 6) is 1.06. The first-order valence-electron chi connectivity index (χ1n) is 7.65. The van der Waals surface area contributed by atoms with E-state index >= 15 is 0 Å². The zero-order chi connectivity index (χ0) is 15.5. The van der Waals surface area contributed by atoms with Crippen LogP contribution in [0.15, 0.2) is 48.1 Å². The van der Waals surface area contributed by atoms with E-state index < -0.39 is 5.41 Å². The Hall–Kier alpha value is -2.29. The van der Waals surface area contributed by atoms with Crippen LogP contribution in [0.25, 0.3) is 5.76 Å². The van der Waals surface area contributed by atoms with Crippen molar-refractivity contribution in [1.82, 2.24) is 0 Å². The molecule has 0 amide bonds. The first kappa shape index (κ1) is 13.4. The van der Waals surface area contributed by atoms with Gasteiger partial charge in [0.25, 0.3) is 0 Å². The van der Waals surface area contributed by atoms with Gasteiger partial charge in [0.15, 0.2) is 5.78 Å². The predicted octanol–water partition coefficient (Wildman–Crippen LogP) is 3.86. The molecule has 0 saturated heterocycles. The van der Waals surface area contributed by atoms with Crippen LogP contribution >= 0.6 is 0 Å². The van der Waals surface area contributed by atoms with E-state index in [-0.39, 0.29) is 17.5 Å². The van der Waals surface area contributed by atoms with E-state index in [0.717, 1.165) is 12.0 Å². The number of phenols is 1. The maximum Gasteiger partial charge on any atom is 0.174 e. The van der Waals surface area contributed by atoms with Crippen molar-refractivity contribution in [3.8, 4) is 5.75 Å². The monoisotopic (exact) mass is 294 g/mol. The summed E-state index contributed by atoms with van der Waals surface area (Å²) in [4.78, 5) is 13.1. The average Bonchev–Trinajstić information content (AvgIpc) is 2.53. The molecule has 2 atom stereocenters. The molecule has 1 N–H and O–H groups in total. The summed E-state index contributed by atoms with van der Waals surface area (Å²) >= 11 is 0. The molecule has 0 radical (unpaired) electrons. The van der Waals surface area contributed by atoms with Crippen LogP contribution in [0.4, 0.5) is 0 Å². The standard InChI is InChI=1S/C19H18O3/c1-3-11-7-9-19(2)16-12(11)8-10-22-17(16)15-13(18(19)21)5-4-6-14(15)20/h3-7,12,20H,1,8-10H2,2H3/t12-,19+/m1/s1. The maximum atomic E-state index is 13.1. The van der Waals surface area contributed by atoms with Gasteiger partial charge in [0.1, 0.15) is 11.5 Å². The molecule has 1 aromatic carbocycles. The molecule has 1 aromatic rings. The number of hydrogen-bond donors (Lipinski definition) is 1. The molecule has 4 rings (SSSR count). The fourth-order valence-electron chi connectivity index (χ4n) is 4.11. The van der Waals surface area contributed by atoms with Gasteiger partial charge in [-0.2, -0.15) is 0 Å². The van der Waals surface area contributed by atoms with Crippen molar-refractivity contribution in [1.29, 1.82) is 0 Å². The van der Waals surface area contributed by atoms with Crippen molar-refractivity contribution < 1.29 is 14.6 Å². The second-order valence-electron chi connectivity index (χ2n) is 6.41. The first-order valence-corrected chi connectivity index (χ1v) is 7.65. The first-order chi connectivity index (χ1) is 10.6. The van der Waals surface area contributed by atoms with Gasteiger partial charge >= 0.3 is 0 Å². The number of allylic oxidation sites excluding steroid dienone is 4. The van der Waals surface area contributed by atoms with E-state index in [4.69, 9.17) is 4.74 Å². The molecule has 22 heavy (non-hydrogen) atoms. The molecule has 0 spiro atoms. The van der Waals surface area contributed by atoms with Gasteiger partial charge in [-0.3, -0.25) is 4.79 Å². The number of fused-ring (bicyclic) bond motifs is 2. The van der Waals surface area contributed by atoms with Gasteiger partial charge in [-0.1, -0.05) is 30.9 Å². The van der Waals surface area contributed by atoms with E-state index in [1.165, 1.54) is 5.57 Å². The fourth-order valence-corrected chi connectivity index (χ4v) is 4.11. The molecule has 3 nitrogen and oxygen atoms in total. The van der Waals surface area contributed by atoms with Crippen LogP contribution in [-0.4, -0.2) is 17.5 Å². The second kappa shape index (κ2) is 4.35. The van der Waals surface area contributed by atoms with Crippen molar-refractivity contribution in [3.05, 3.63) is 59.2 Å². The second-order valence-corrected chi connectivity index (χ2v) is 6.41. The number of phenolic OH excluding ortho intramolecular Hbond substituents is 1. The minimum Gasteiger partial charge on any atom is -0.507 e. The zero-order valence-corrected chi connectivity index (χ0v) is 12.6. The molecule has 0 bridgehead atoms. The van der Waals surface area contributed by atoms with Crippen LogP contribution in [0, 0.1) is 11.3 Å². The van der Waals surface area contributed by atoms with Crippen molar-refractivity contribution in [2.75, 3.05) is 6.61 Å². The summed E-state index contributed by atoms with van der Waals surface area (Å²) in [7, 11) is 0. The predicted molar refractivity (Wildman–Crippen MR) is 84.4 cm³/mol. The van der Waals surface area contributed by atoms with E-state index in [9.17, 15) is 9.90 Å². The van der Waals surface area contributed by atoms with Gasteiger partial charge in [-0.05, 0) is 37.0 Å². The number of ketones is 1. The molecule has 2 aliphatic carbocycles. The Balaban J connectivity index is 2.08. The highest BCUT2D eigenvalue weighted by Crippen LogP contribution is 2.56. The fraction of sp³-hybridized carbons (Fsp3) is 0.316. The largest absolute Gasteiger partial charge is 0.507 e. The zero-order valence-electron chi connectivity index (χ0n) is 12.6. The summed E-state index contributed by atoms with van der Waals surface area (Å²) < 4.78 is 5.94. The third-order valence-corrected chi connectivity index (χ3v) is 5.24. The quantitative estimate of drug-likeness (QED) is 0.855. The number of ether oxygens (including phenoxy) is 1. The lowest BCUT2D eigenvalue weighted by Gasteiger charge is -2.46. The molecule has 112 valence electrons. The third kappa shape index (κ3) is 1.48. The van der Waals surface area contributed by atoms with Gasteiger partial charge in [-0.25, -0.2) is 0 Å². The van der Waals surface area contributed by atoms with Crippen molar-refractivity contribution >= 4 is 11.5 Å². The highest BCUT2D eigenvalue weighted by molar-refractivity contribution is 6.10. The summed E-state index contributed by atoms with van der Waals surface area (Å²) in [6, 6.07) is 5.11. The minimum absolute atomic E-state index is 0.0759. The van der Waals surface area contributed by atoms with Gasteiger partial charge in [0, 0.05) is 11.5 Å². The summed E-state index contributed by atoms with van der Waals surface area (Å²) in [5, 5.41) is 10.3. The minimum atomic E-state index is -0.576. The lowest BCUT2D eigenvalue weighted by atomic mass is 9.59. The number of carbonyl (C=O) groups excluding carboxylic acids is 1. The van der Waals surface area contributed by atoms with Gasteiger partial charge in [0.05, 0.1) is 17.6 Å². The van der Waals surface area contributed by atoms with Crippen LogP contribution < -0.4 is 0 Å². The molecule has 0 aromatic heterocycles. The Morgan fingerprint density at radius 3 is 3.05 bits per heavy atom. The Morgan fingerprint density at radius 2 is 2.27 bits per heavy atom. The average molecular weight is 294 g/mol. The van der Waals surface area contributed by atoms with Crippen LogP contribution in [0.1, 0.15) is 35.7 Å². The summed E-state index contributed by atoms with van der Waals surface area (Å²) in [5.41, 5.74) is 2.75. The lowest BCUT2D eigenvalue weighted by Crippen LogP contribution is -2.42. The normalized spacial score (nSPS) is 29.2. The molecule has 3 aliphatic rings. The molecule has 0 fully saturated rings. The van der Waals surface area contributed by atoms with E-state index in [2.05, 4.69) is 12.7 Å². The van der Waals surface area contributed by atoms with Gasteiger partial charge in [-0.15, -0.1) is 0 Å². The number of carbonyl (C=O) groups is 1. The van der Waals surface area contributed by atoms with Crippen molar-refractivity contribution in [2.45, 2.75) is 19.8 Å². The molecular formula is C19H18O3. The Morgan fingerprint density at radius 1 is 1.45 bits per heavy atom. The van der Waals surface area contributed by atoms with E-state index in [1.807, 2.05) is 13.0 Å². The highest BCUT2D eigenvalue weighted by atomic mass is 16.5. The SMILES string of the molecule is C=CC1=CC[C@]2(C)C(=O)c3cccc(O)c3C3=C2[C@@H]1CCO3. The smallest absolute Gasteiger partial charge is 0.174 e. The van der Waals surface area contributed by atoms with Crippen LogP contribution in [0.2, 0.25) is 0 Å². The summed E-state index contributed by atoms with van der Waals surface area (Å²) in [6.07, 6.45) is 5.52. The molecule has 1 heterocycles. The topological polar surface area (TPSA) is 46.5 Å². The number of rotatable bonds is 1. The van der Waals surface area contributed by atoms with E-state index in [1.54, 1.807) is 18.2 Å².